The highest BCUT2D eigenvalue weighted by atomic mass is 19.4. The molecule has 0 saturated heterocycles. The van der Waals surface area contributed by atoms with E-state index in [-0.39, 0.29) is 23.1 Å². The van der Waals surface area contributed by atoms with Gasteiger partial charge >= 0.3 is 12.1 Å². The minimum Gasteiger partial charge on any atom is -0.485 e. The predicted molar refractivity (Wildman–Crippen MR) is 89.2 cm³/mol. The van der Waals surface area contributed by atoms with Crippen molar-refractivity contribution in [1.29, 1.82) is 0 Å². The van der Waals surface area contributed by atoms with E-state index >= 15 is 0 Å². The first-order chi connectivity index (χ1) is 12.6. The van der Waals surface area contributed by atoms with Gasteiger partial charge in [-0.3, -0.25) is 4.79 Å². The van der Waals surface area contributed by atoms with Gasteiger partial charge in [0.1, 0.15) is 18.1 Å². The fourth-order valence-electron chi connectivity index (χ4n) is 2.67. The molecule has 0 radical (unpaired) electrons. The molecule has 1 unspecified atom stereocenters. The van der Waals surface area contributed by atoms with Crippen molar-refractivity contribution in [1.82, 2.24) is 5.01 Å². The molecule has 1 N–H and O–H groups in total. The van der Waals surface area contributed by atoms with E-state index in [2.05, 4.69) is 5.10 Å². The van der Waals surface area contributed by atoms with E-state index in [4.69, 9.17) is 9.15 Å². The number of carbonyl (C=O) groups is 1. The first-order valence-electron chi connectivity index (χ1n) is 8.07. The summed E-state index contributed by atoms with van der Waals surface area (Å²) >= 11 is 0. The predicted octanol–water partition coefficient (Wildman–Crippen LogP) is 3.56. The molecule has 0 spiro atoms. The topological polar surface area (TPSA) is 75.3 Å². The normalized spacial score (nSPS) is 19.6. The maximum absolute atomic E-state index is 13.1. The highest BCUT2D eigenvalue weighted by molar-refractivity contribution is 5.93. The van der Waals surface area contributed by atoms with Crippen LogP contribution in [0.5, 0.6) is 5.75 Å². The zero-order valence-corrected chi connectivity index (χ0v) is 14.6. The molecule has 2 heterocycles. The number of rotatable bonds is 4. The summed E-state index contributed by atoms with van der Waals surface area (Å²) in [5, 5.41) is 13.2. The summed E-state index contributed by atoms with van der Waals surface area (Å²) in [6, 6.07) is 8.25. The minimum atomic E-state index is -5.05. The number of benzene rings is 1. The van der Waals surface area contributed by atoms with Gasteiger partial charge in [0.25, 0.3) is 5.72 Å². The molecule has 0 aliphatic carbocycles. The van der Waals surface area contributed by atoms with Crippen molar-refractivity contribution in [2.45, 2.75) is 38.8 Å². The van der Waals surface area contributed by atoms with Gasteiger partial charge in [0, 0.05) is 12.6 Å². The Balaban J connectivity index is 1.72. The van der Waals surface area contributed by atoms with Gasteiger partial charge in [-0.2, -0.15) is 23.3 Å². The van der Waals surface area contributed by atoms with Gasteiger partial charge in [-0.05, 0) is 37.6 Å². The third-order valence-corrected chi connectivity index (χ3v) is 4.14. The van der Waals surface area contributed by atoms with Crippen molar-refractivity contribution in [3.8, 4) is 5.75 Å². The number of halogens is 3. The van der Waals surface area contributed by atoms with Crippen LogP contribution in [-0.2, 0) is 6.61 Å². The number of hydrogen-bond donors (Lipinski definition) is 1. The highest BCUT2D eigenvalue weighted by Crippen LogP contribution is 2.39. The Bertz CT molecular complexity index is 891. The number of nitrogens with zero attached hydrogens (tertiary/aromatic N) is 2. The molecule has 1 atom stereocenters. The second-order valence-electron chi connectivity index (χ2n) is 6.26. The molecule has 1 aliphatic rings. The van der Waals surface area contributed by atoms with Crippen LogP contribution in [0.1, 0.15) is 33.9 Å². The van der Waals surface area contributed by atoms with Crippen LogP contribution in [0.4, 0.5) is 13.2 Å². The van der Waals surface area contributed by atoms with E-state index in [0.29, 0.717) is 5.75 Å². The summed E-state index contributed by atoms with van der Waals surface area (Å²) in [6.07, 6.45) is -5.06. The van der Waals surface area contributed by atoms with Gasteiger partial charge in [0.2, 0.25) is 0 Å². The molecule has 27 heavy (non-hydrogen) atoms. The average Bonchev–Trinajstić information content (AvgIpc) is 3.20. The van der Waals surface area contributed by atoms with Gasteiger partial charge in [0.05, 0.1) is 0 Å². The molecule has 3 rings (SSSR count). The van der Waals surface area contributed by atoms with Crippen LogP contribution >= 0.6 is 0 Å². The second-order valence-corrected chi connectivity index (χ2v) is 6.26. The minimum absolute atomic E-state index is 0.00993. The lowest BCUT2D eigenvalue weighted by molar-refractivity contribution is -0.297. The molecule has 0 fully saturated rings. The molecule has 144 valence electrons. The smallest absolute Gasteiger partial charge is 0.438 e. The van der Waals surface area contributed by atoms with Crippen LogP contribution in [0.3, 0.4) is 0 Å². The molecule has 1 amide bonds. The van der Waals surface area contributed by atoms with E-state index < -0.39 is 24.2 Å². The van der Waals surface area contributed by atoms with Crippen molar-refractivity contribution < 1.29 is 32.2 Å². The van der Waals surface area contributed by atoms with Crippen LogP contribution in [0.15, 0.2) is 39.9 Å². The van der Waals surface area contributed by atoms with E-state index in [1.54, 1.807) is 6.07 Å². The fourth-order valence-corrected chi connectivity index (χ4v) is 2.67. The maximum Gasteiger partial charge on any atom is 0.438 e. The molecular formula is C18H17F3N2O4. The summed E-state index contributed by atoms with van der Waals surface area (Å²) in [6.45, 7) is 3.82. The number of hydrazone groups is 1. The Labute approximate surface area is 152 Å². The van der Waals surface area contributed by atoms with E-state index in [9.17, 15) is 23.1 Å². The quantitative estimate of drug-likeness (QED) is 0.877. The summed E-state index contributed by atoms with van der Waals surface area (Å²) in [5.74, 6) is -0.699. The Kier molecular flexibility index (Phi) is 4.73. The third-order valence-electron chi connectivity index (χ3n) is 4.14. The lowest BCUT2D eigenvalue weighted by Gasteiger charge is -2.31. The maximum atomic E-state index is 13.1. The standard InChI is InChI=1S/C18H17F3N2O4/c1-11-3-5-14(12(2)9-11)26-10-13-4-6-15(27-13)16(24)23-17(25,7-8-22-23)18(19,20)21/h3-6,8-9,25H,7,10H2,1-2H3. The Morgan fingerprint density at radius 1 is 1.33 bits per heavy atom. The number of hydrogen-bond acceptors (Lipinski definition) is 5. The lowest BCUT2D eigenvalue weighted by atomic mass is 10.1. The first kappa shape index (κ1) is 19.0. The monoisotopic (exact) mass is 382 g/mol. The average molecular weight is 382 g/mol. The highest BCUT2D eigenvalue weighted by Gasteiger charge is 2.61. The fraction of sp³-hybridized carbons (Fsp3) is 0.333. The molecular weight excluding hydrogens is 365 g/mol. The number of ether oxygens (including phenoxy) is 1. The Hall–Kier alpha value is -2.81. The van der Waals surface area contributed by atoms with Crippen LogP contribution in [-0.4, -0.2) is 34.1 Å². The van der Waals surface area contributed by atoms with Crippen LogP contribution in [0, 0.1) is 13.8 Å². The van der Waals surface area contributed by atoms with Crippen LogP contribution in [0.2, 0.25) is 0 Å². The van der Waals surface area contributed by atoms with Gasteiger partial charge in [0.15, 0.2) is 5.76 Å². The Morgan fingerprint density at radius 3 is 2.74 bits per heavy atom. The van der Waals surface area contributed by atoms with E-state index in [1.807, 2.05) is 26.0 Å². The Morgan fingerprint density at radius 2 is 2.07 bits per heavy atom. The van der Waals surface area contributed by atoms with Crippen molar-refractivity contribution in [2.24, 2.45) is 5.10 Å². The molecule has 1 aromatic carbocycles. The van der Waals surface area contributed by atoms with Crippen molar-refractivity contribution in [2.75, 3.05) is 0 Å². The van der Waals surface area contributed by atoms with Gasteiger partial charge < -0.3 is 14.3 Å². The number of alkyl halides is 3. The van der Waals surface area contributed by atoms with Crippen molar-refractivity contribution in [3.63, 3.8) is 0 Å². The van der Waals surface area contributed by atoms with Gasteiger partial charge in [-0.1, -0.05) is 17.7 Å². The number of amides is 1. The molecule has 0 bridgehead atoms. The molecule has 6 nitrogen and oxygen atoms in total. The molecule has 0 saturated carbocycles. The summed E-state index contributed by atoms with van der Waals surface area (Å²) < 4.78 is 50.1. The number of aliphatic hydroxyl groups is 1. The summed E-state index contributed by atoms with van der Waals surface area (Å²) in [5.41, 5.74) is -1.39. The number of furan rings is 1. The van der Waals surface area contributed by atoms with E-state index in [1.165, 1.54) is 12.1 Å². The summed E-state index contributed by atoms with van der Waals surface area (Å²) in [7, 11) is 0. The second kappa shape index (κ2) is 6.73. The first-order valence-corrected chi connectivity index (χ1v) is 8.07. The molecule has 1 aromatic heterocycles. The van der Waals surface area contributed by atoms with Gasteiger partial charge in [-0.15, -0.1) is 0 Å². The van der Waals surface area contributed by atoms with Gasteiger partial charge in [-0.25, -0.2) is 0 Å². The zero-order valence-electron chi connectivity index (χ0n) is 14.6. The lowest BCUT2D eigenvalue weighted by Crippen LogP contribution is -2.56. The van der Waals surface area contributed by atoms with Crippen molar-refractivity contribution >= 4 is 12.1 Å². The molecule has 9 heteroatoms. The van der Waals surface area contributed by atoms with Crippen molar-refractivity contribution in [3.05, 3.63) is 53.0 Å². The van der Waals surface area contributed by atoms with Crippen LogP contribution < -0.4 is 4.74 Å². The van der Waals surface area contributed by atoms with Crippen LogP contribution in [0.25, 0.3) is 0 Å². The number of aryl methyl sites for hydroxylation is 2. The summed E-state index contributed by atoms with van der Waals surface area (Å²) in [4.78, 5) is 12.3. The third kappa shape index (κ3) is 3.55. The molecule has 2 aromatic rings. The van der Waals surface area contributed by atoms with E-state index in [0.717, 1.165) is 17.3 Å². The largest absolute Gasteiger partial charge is 0.485 e. The zero-order chi connectivity index (χ0) is 19.8. The molecule has 1 aliphatic heterocycles. The number of carbonyl (C=O) groups excluding carboxylic acids is 1. The SMILES string of the molecule is Cc1ccc(OCc2ccc(C(=O)N3N=CCC3(O)C(F)(F)F)o2)c(C)c1.